The van der Waals surface area contributed by atoms with Crippen LogP contribution < -0.4 is 10.6 Å². The fourth-order valence-electron chi connectivity index (χ4n) is 3.36. The van der Waals surface area contributed by atoms with Crippen LogP contribution in [0.5, 0.6) is 0 Å². The Hall–Kier alpha value is -1.40. The van der Waals surface area contributed by atoms with Crippen molar-refractivity contribution in [2.45, 2.75) is 58.2 Å². The normalized spacial score (nSPS) is 20.7. The third kappa shape index (κ3) is 3.17. The third-order valence-corrected chi connectivity index (χ3v) is 4.80. The van der Waals surface area contributed by atoms with Gasteiger partial charge in [-0.25, -0.2) is 0 Å². The van der Waals surface area contributed by atoms with Crippen LogP contribution >= 0.6 is 0 Å². The molecule has 0 saturated carbocycles. The van der Waals surface area contributed by atoms with Gasteiger partial charge < -0.3 is 10.6 Å². The Morgan fingerprint density at radius 1 is 1.32 bits per heavy atom. The summed E-state index contributed by atoms with van der Waals surface area (Å²) in [6.07, 6.45) is 2.93. The molecule has 6 heteroatoms. The molecule has 6 nitrogen and oxygen atoms in total. The number of likely N-dealkylation sites (tertiary alicyclic amines) is 1. The van der Waals surface area contributed by atoms with E-state index in [4.69, 9.17) is 0 Å². The molecule has 122 valence electrons. The first-order valence-corrected chi connectivity index (χ1v) is 8.28. The number of aromatic amines is 1. The molecular weight excluding hydrogens is 278 g/mol. The number of piperidine rings is 1. The zero-order chi connectivity index (χ0) is 15.7. The summed E-state index contributed by atoms with van der Waals surface area (Å²) in [5.41, 5.74) is 2.92. The van der Waals surface area contributed by atoms with E-state index in [-0.39, 0.29) is 17.5 Å². The number of aromatic nitrogens is 2. The standard InChI is InChI=1S/C16H27N5O/c1-16(2,3)21-8-5-11(6-9-21)18-15(22)14-12-10-17-7-4-13(12)19-20-14/h11,17H,4-10H2,1-3H3,(H,18,22)(H,19,20). The molecule has 2 aliphatic heterocycles. The van der Waals surface area contributed by atoms with Crippen molar-refractivity contribution >= 4 is 5.91 Å². The lowest BCUT2D eigenvalue weighted by Crippen LogP contribution is -2.51. The van der Waals surface area contributed by atoms with Crippen LogP contribution in [0.15, 0.2) is 0 Å². The lowest BCUT2D eigenvalue weighted by atomic mass is 9.98. The molecule has 1 saturated heterocycles. The first kappa shape index (κ1) is 15.5. The Labute approximate surface area is 132 Å². The Bertz CT molecular complexity index is 537. The number of fused-ring (bicyclic) bond motifs is 1. The van der Waals surface area contributed by atoms with Gasteiger partial charge in [0.25, 0.3) is 5.91 Å². The summed E-state index contributed by atoms with van der Waals surface area (Å²) in [4.78, 5) is 15.0. The second-order valence-electron chi connectivity index (χ2n) is 7.36. The number of amides is 1. The molecule has 1 aromatic rings. The molecule has 3 N–H and O–H groups in total. The molecule has 22 heavy (non-hydrogen) atoms. The third-order valence-electron chi connectivity index (χ3n) is 4.80. The maximum atomic E-state index is 12.5. The fourth-order valence-corrected chi connectivity index (χ4v) is 3.36. The van der Waals surface area contributed by atoms with Crippen molar-refractivity contribution < 1.29 is 4.79 Å². The quantitative estimate of drug-likeness (QED) is 0.763. The zero-order valence-corrected chi connectivity index (χ0v) is 13.8. The Balaban J connectivity index is 1.58. The van der Waals surface area contributed by atoms with Gasteiger partial charge in [0.05, 0.1) is 0 Å². The van der Waals surface area contributed by atoms with Gasteiger partial charge >= 0.3 is 0 Å². The van der Waals surface area contributed by atoms with Crippen LogP contribution in [-0.2, 0) is 13.0 Å². The predicted molar refractivity (Wildman–Crippen MR) is 85.8 cm³/mol. The Morgan fingerprint density at radius 3 is 2.73 bits per heavy atom. The predicted octanol–water partition coefficient (Wildman–Crippen LogP) is 1.05. The summed E-state index contributed by atoms with van der Waals surface area (Å²) in [5, 5.41) is 13.7. The van der Waals surface area contributed by atoms with E-state index in [1.54, 1.807) is 0 Å². The smallest absolute Gasteiger partial charge is 0.272 e. The monoisotopic (exact) mass is 305 g/mol. The molecule has 0 unspecified atom stereocenters. The second kappa shape index (κ2) is 6.01. The molecule has 1 amide bonds. The minimum Gasteiger partial charge on any atom is -0.348 e. The molecular formula is C16H27N5O. The minimum absolute atomic E-state index is 0.0320. The van der Waals surface area contributed by atoms with Gasteiger partial charge in [0.2, 0.25) is 0 Å². The molecule has 0 radical (unpaired) electrons. The van der Waals surface area contributed by atoms with Gasteiger partial charge in [-0.1, -0.05) is 0 Å². The van der Waals surface area contributed by atoms with E-state index in [0.717, 1.165) is 56.7 Å². The second-order valence-corrected chi connectivity index (χ2v) is 7.36. The van der Waals surface area contributed by atoms with Crippen molar-refractivity contribution in [1.82, 2.24) is 25.7 Å². The van der Waals surface area contributed by atoms with Gasteiger partial charge in [0.1, 0.15) is 0 Å². The highest BCUT2D eigenvalue weighted by molar-refractivity contribution is 5.94. The molecule has 0 aliphatic carbocycles. The van der Waals surface area contributed by atoms with Crippen LogP contribution in [-0.4, -0.2) is 52.2 Å². The summed E-state index contributed by atoms with van der Waals surface area (Å²) in [7, 11) is 0. The number of nitrogens with one attached hydrogen (secondary N) is 3. The number of nitrogens with zero attached hydrogens (tertiary/aromatic N) is 2. The van der Waals surface area contributed by atoms with Crippen molar-refractivity contribution in [1.29, 1.82) is 0 Å². The largest absolute Gasteiger partial charge is 0.348 e. The first-order chi connectivity index (χ1) is 10.4. The van der Waals surface area contributed by atoms with E-state index in [0.29, 0.717) is 5.69 Å². The van der Waals surface area contributed by atoms with E-state index in [1.165, 1.54) is 0 Å². The van der Waals surface area contributed by atoms with Crippen LogP contribution in [0, 0.1) is 0 Å². The first-order valence-electron chi connectivity index (χ1n) is 8.28. The van der Waals surface area contributed by atoms with Crippen LogP contribution in [0.2, 0.25) is 0 Å². The molecule has 2 aliphatic rings. The average Bonchev–Trinajstić information content (AvgIpc) is 2.91. The molecule has 1 fully saturated rings. The van der Waals surface area contributed by atoms with Gasteiger partial charge in [-0.05, 0) is 33.6 Å². The number of carbonyl (C=O) groups excluding carboxylic acids is 1. The molecule has 0 atom stereocenters. The highest BCUT2D eigenvalue weighted by Crippen LogP contribution is 2.21. The number of carbonyl (C=O) groups is 1. The summed E-state index contributed by atoms with van der Waals surface area (Å²) < 4.78 is 0. The molecule has 3 rings (SSSR count). The van der Waals surface area contributed by atoms with E-state index >= 15 is 0 Å². The summed E-state index contributed by atoms with van der Waals surface area (Å²) in [6, 6.07) is 0.259. The van der Waals surface area contributed by atoms with Gasteiger partial charge in [-0.2, -0.15) is 5.10 Å². The zero-order valence-electron chi connectivity index (χ0n) is 13.8. The lowest BCUT2D eigenvalue weighted by molar-refractivity contribution is 0.0808. The maximum absolute atomic E-state index is 12.5. The summed E-state index contributed by atoms with van der Waals surface area (Å²) in [5.74, 6) is -0.0320. The van der Waals surface area contributed by atoms with Gasteiger partial charge in [-0.3, -0.25) is 14.8 Å². The number of H-pyrrole nitrogens is 1. The Morgan fingerprint density at radius 2 is 2.05 bits per heavy atom. The van der Waals surface area contributed by atoms with Crippen molar-refractivity contribution in [2.75, 3.05) is 19.6 Å². The average molecular weight is 305 g/mol. The fraction of sp³-hybridized carbons (Fsp3) is 0.750. The summed E-state index contributed by atoms with van der Waals surface area (Å²) in [6.45, 7) is 10.5. The van der Waals surface area contributed by atoms with E-state index < -0.39 is 0 Å². The van der Waals surface area contributed by atoms with Gasteiger partial charge in [0, 0.05) is 55.4 Å². The van der Waals surface area contributed by atoms with Gasteiger partial charge in [-0.15, -0.1) is 0 Å². The van der Waals surface area contributed by atoms with E-state index in [2.05, 4.69) is 46.5 Å². The van der Waals surface area contributed by atoms with E-state index in [9.17, 15) is 4.79 Å². The van der Waals surface area contributed by atoms with Crippen molar-refractivity contribution in [3.05, 3.63) is 17.0 Å². The topological polar surface area (TPSA) is 73.0 Å². The van der Waals surface area contributed by atoms with Crippen molar-refractivity contribution in [3.8, 4) is 0 Å². The highest BCUT2D eigenvalue weighted by Gasteiger charge is 2.29. The van der Waals surface area contributed by atoms with Crippen LogP contribution in [0.4, 0.5) is 0 Å². The molecule has 1 aromatic heterocycles. The van der Waals surface area contributed by atoms with E-state index in [1.807, 2.05) is 0 Å². The number of rotatable bonds is 2. The SMILES string of the molecule is CC(C)(C)N1CCC(NC(=O)c2n[nH]c3c2CNCC3)CC1. The molecule has 0 bridgehead atoms. The highest BCUT2D eigenvalue weighted by atomic mass is 16.2. The maximum Gasteiger partial charge on any atom is 0.272 e. The molecule has 0 spiro atoms. The number of hydrogen-bond acceptors (Lipinski definition) is 4. The van der Waals surface area contributed by atoms with Crippen LogP contribution in [0.25, 0.3) is 0 Å². The van der Waals surface area contributed by atoms with Crippen LogP contribution in [0.3, 0.4) is 0 Å². The summed E-state index contributed by atoms with van der Waals surface area (Å²) >= 11 is 0. The van der Waals surface area contributed by atoms with Crippen molar-refractivity contribution in [3.63, 3.8) is 0 Å². The molecule has 0 aromatic carbocycles. The van der Waals surface area contributed by atoms with Gasteiger partial charge in [0.15, 0.2) is 5.69 Å². The minimum atomic E-state index is -0.0320. The number of hydrogen-bond donors (Lipinski definition) is 3. The lowest BCUT2D eigenvalue weighted by Gasteiger charge is -2.41. The Kier molecular flexibility index (Phi) is 4.23. The molecule has 3 heterocycles. The van der Waals surface area contributed by atoms with Crippen LogP contribution in [0.1, 0.15) is 55.4 Å². The van der Waals surface area contributed by atoms with Crippen molar-refractivity contribution in [2.24, 2.45) is 0 Å².